The van der Waals surface area contributed by atoms with Crippen molar-refractivity contribution in [2.45, 2.75) is 19.4 Å². The van der Waals surface area contributed by atoms with E-state index in [4.69, 9.17) is 23.2 Å². The van der Waals surface area contributed by atoms with Gasteiger partial charge in [-0.05, 0) is 30.7 Å². The van der Waals surface area contributed by atoms with E-state index < -0.39 is 0 Å². The fourth-order valence-corrected chi connectivity index (χ4v) is 3.01. The second-order valence-electron chi connectivity index (χ2n) is 5.58. The second kappa shape index (κ2) is 7.20. The summed E-state index contributed by atoms with van der Waals surface area (Å²) in [6.45, 7) is 1.89. The quantitative estimate of drug-likeness (QED) is 0.590. The summed E-state index contributed by atoms with van der Waals surface area (Å²) >= 11 is 12.0. The maximum Gasteiger partial charge on any atom is 0.186 e. The minimum Gasteiger partial charge on any atom is -0.324 e. The molecular weight excluding hydrogens is 343 g/mol. The van der Waals surface area contributed by atoms with Crippen molar-refractivity contribution in [3.8, 4) is 0 Å². The Hall–Kier alpha value is -2.10. The number of nitrogens with zero attached hydrogens (tertiary/aromatic N) is 2. The van der Waals surface area contributed by atoms with Crippen molar-refractivity contribution in [2.75, 3.05) is 0 Å². The van der Waals surface area contributed by atoms with Gasteiger partial charge in [0, 0.05) is 24.4 Å². The highest BCUT2D eigenvalue weighted by atomic mass is 35.5. The van der Waals surface area contributed by atoms with E-state index in [1.807, 2.05) is 48.0 Å². The number of ketones is 1. The largest absolute Gasteiger partial charge is 0.324 e. The van der Waals surface area contributed by atoms with E-state index in [2.05, 4.69) is 4.98 Å². The number of Topliss-reactive ketones (excluding diaryl/α,β-unsaturated/α-hetero) is 1. The number of benzene rings is 2. The van der Waals surface area contributed by atoms with Crippen LogP contribution in [0.2, 0.25) is 10.0 Å². The second-order valence-corrected chi connectivity index (χ2v) is 6.39. The van der Waals surface area contributed by atoms with Crippen LogP contribution in [-0.2, 0) is 6.42 Å². The molecule has 3 nitrogen and oxygen atoms in total. The van der Waals surface area contributed by atoms with Crippen LogP contribution in [0.3, 0.4) is 0 Å². The highest BCUT2D eigenvalue weighted by Gasteiger charge is 2.24. The van der Waals surface area contributed by atoms with Gasteiger partial charge in [-0.25, -0.2) is 4.98 Å². The van der Waals surface area contributed by atoms with Gasteiger partial charge in [0.2, 0.25) is 0 Å². The molecule has 0 aliphatic heterocycles. The Labute approximate surface area is 150 Å². The number of aromatic nitrogens is 2. The average molecular weight is 359 g/mol. The molecule has 122 valence electrons. The van der Waals surface area contributed by atoms with Gasteiger partial charge < -0.3 is 4.57 Å². The number of halogens is 2. The summed E-state index contributed by atoms with van der Waals surface area (Å²) in [5, 5.41) is 0.815. The molecule has 0 N–H and O–H groups in total. The normalized spacial score (nSPS) is 12.1. The van der Waals surface area contributed by atoms with Crippen molar-refractivity contribution in [1.29, 1.82) is 0 Å². The number of hydrogen-bond acceptors (Lipinski definition) is 2. The first-order chi connectivity index (χ1) is 11.6. The van der Waals surface area contributed by atoms with Crippen LogP contribution in [0.1, 0.15) is 27.8 Å². The maximum atomic E-state index is 13.1. The Balaban J connectivity index is 1.99. The molecule has 5 heteroatoms. The molecule has 1 aromatic heterocycles. The molecule has 1 heterocycles. The lowest BCUT2D eigenvalue weighted by atomic mass is 9.97. The lowest BCUT2D eigenvalue weighted by Crippen LogP contribution is -2.22. The molecule has 3 aromatic rings. The number of imidazole rings is 1. The summed E-state index contributed by atoms with van der Waals surface area (Å²) in [4.78, 5) is 17.4. The van der Waals surface area contributed by atoms with Gasteiger partial charge in [-0.15, -0.1) is 0 Å². The van der Waals surface area contributed by atoms with Gasteiger partial charge in [0.1, 0.15) is 11.9 Å². The van der Waals surface area contributed by atoms with Gasteiger partial charge in [0.15, 0.2) is 5.78 Å². The van der Waals surface area contributed by atoms with E-state index in [1.165, 1.54) is 0 Å². The van der Waals surface area contributed by atoms with Crippen LogP contribution in [0.4, 0.5) is 0 Å². The minimum absolute atomic E-state index is 0.0153. The Bertz CT molecular complexity index is 859. The number of carbonyl (C=O) groups excluding carboxylic acids is 1. The van der Waals surface area contributed by atoms with Crippen LogP contribution in [0.25, 0.3) is 0 Å². The molecule has 0 saturated carbocycles. The molecule has 0 aliphatic carbocycles. The van der Waals surface area contributed by atoms with Gasteiger partial charge in [-0.3, -0.25) is 4.79 Å². The minimum atomic E-state index is -0.382. The number of rotatable bonds is 5. The lowest BCUT2D eigenvalue weighted by Gasteiger charge is -2.19. The van der Waals surface area contributed by atoms with E-state index in [0.717, 1.165) is 11.4 Å². The molecule has 2 aromatic carbocycles. The summed E-state index contributed by atoms with van der Waals surface area (Å²) in [6, 6.07) is 14.5. The van der Waals surface area contributed by atoms with Crippen molar-refractivity contribution in [2.24, 2.45) is 0 Å². The third kappa shape index (κ3) is 3.53. The van der Waals surface area contributed by atoms with Crippen LogP contribution >= 0.6 is 23.2 Å². The Kier molecular flexibility index (Phi) is 5.03. The predicted octanol–water partition coefficient (Wildman–Crippen LogP) is 5.17. The topological polar surface area (TPSA) is 34.9 Å². The third-order valence-electron chi connectivity index (χ3n) is 3.98. The van der Waals surface area contributed by atoms with Crippen molar-refractivity contribution < 1.29 is 4.79 Å². The predicted molar refractivity (Wildman–Crippen MR) is 96.9 cm³/mol. The molecular formula is C19H16Cl2N2O. The van der Waals surface area contributed by atoms with Gasteiger partial charge in [0.05, 0.1) is 10.0 Å². The zero-order chi connectivity index (χ0) is 17.1. The Morgan fingerprint density at radius 3 is 2.50 bits per heavy atom. The summed E-state index contributed by atoms with van der Waals surface area (Å²) in [6.07, 6.45) is 4.12. The Morgan fingerprint density at radius 1 is 1.12 bits per heavy atom. The van der Waals surface area contributed by atoms with E-state index in [1.54, 1.807) is 24.4 Å². The molecule has 0 fully saturated rings. The zero-order valence-electron chi connectivity index (χ0n) is 13.1. The molecule has 0 saturated heterocycles. The Morgan fingerprint density at radius 2 is 1.88 bits per heavy atom. The van der Waals surface area contributed by atoms with Crippen LogP contribution in [0.5, 0.6) is 0 Å². The molecule has 0 spiro atoms. The van der Waals surface area contributed by atoms with Crippen LogP contribution in [0.15, 0.2) is 60.9 Å². The maximum absolute atomic E-state index is 13.1. The lowest BCUT2D eigenvalue weighted by molar-refractivity contribution is 0.0923. The van der Waals surface area contributed by atoms with Gasteiger partial charge in [0.25, 0.3) is 0 Å². The van der Waals surface area contributed by atoms with Gasteiger partial charge in [-0.2, -0.15) is 0 Å². The van der Waals surface area contributed by atoms with E-state index in [-0.39, 0.29) is 11.8 Å². The average Bonchev–Trinajstić information content (AvgIpc) is 3.01. The van der Waals surface area contributed by atoms with Crippen molar-refractivity contribution >= 4 is 29.0 Å². The van der Waals surface area contributed by atoms with Crippen molar-refractivity contribution in [3.63, 3.8) is 0 Å². The highest BCUT2D eigenvalue weighted by molar-refractivity contribution is 6.42. The number of carbonyl (C=O) groups is 1. The SMILES string of the molecule is Cc1nccn1C(Cc1ccccc1)C(=O)c1ccc(Cl)c(Cl)c1. The monoisotopic (exact) mass is 358 g/mol. The first kappa shape index (κ1) is 16.7. The summed E-state index contributed by atoms with van der Waals surface area (Å²) in [5.74, 6) is 0.780. The first-order valence-electron chi connectivity index (χ1n) is 7.59. The van der Waals surface area contributed by atoms with E-state index >= 15 is 0 Å². The van der Waals surface area contributed by atoms with E-state index in [9.17, 15) is 4.79 Å². The van der Waals surface area contributed by atoms with Gasteiger partial charge in [-0.1, -0.05) is 53.5 Å². The summed E-state index contributed by atoms with van der Waals surface area (Å²) in [7, 11) is 0. The third-order valence-corrected chi connectivity index (χ3v) is 4.72. The zero-order valence-corrected chi connectivity index (χ0v) is 14.6. The molecule has 0 amide bonds. The summed E-state index contributed by atoms with van der Waals surface area (Å²) < 4.78 is 1.90. The smallest absolute Gasteiger partial charge is 0.186 e. The number of aryl methyl sites for hydroxylation is 1. The molecule has 24 heavy (non-hydrogen) atoms. The molecule has 3 rings (SSSR count). The van der Waals surface area contributed by atoms with Crippen LogP contribution in [-0.4, -0.2) is 15.3 Å². The van der Waals surface area contributed by atoms with E-state index in [0.29, 0.717) is 22.0 Å². The molecule has 0 radical (unpaired) electrons. The van der Waals surface area contributed by atoms with Gasteiger partial charge >= 0.3 is 0 Å². The van der Waals surface area contributed by atoms with Crippen molar-refractivity contribution in [3.05, 3.63) is 87.9 Å². The highest BCUT2D eigenvalue weighted by Crippen LogP contribution is 2.27. The standard InChI is InChI=1S/C19H16Cl2N2O/c1-13-22-9-10-23(13)18(11-14-5-3-2-4-6-14)19(24)15-7-8-16(20)17(21)12-15/h2-10,12,18H,11H2,1H3. The fourth-order valence-electron chi connectivity index (χ4n) is 2.71. The molecule has 0 bridgehead atoms. The molecule has 1 atom stereocenters. The van der Waals surface area contributed by atoms with Crippen molar-refractivity contribution in [1.82, 2.24) is 9.55 Å². The summed E-state index contributed by atoms with van der Waals surface area (Å²) in [5.41, 5.74) is 1.63. The first-order valence-corrected chi connectivity index (χ1v) is 8.34. The van der Waals surface area contributed by atoms with Crippen LogP contribution in [0, 0.1) is 6.92 Å². The molecule has 1 unspecified atom stereocenters. The fraction of sp³-hybridized carbons (Fsp3) is 0.158. The van der Waals surface area contributed by atoms with Crippen LogP contribution < -0.4 is 0 Å². The number of hydrogen-bond donors (Lipinski definition) is 0. The molecule has 0 aliphatic rings.